The van der Waals surface area contributed by atoms with Crippen LogP contribution >= 0.6 is 0 Å². The normalized spacial score (nSPS) is 18.1. The number of ether oxygens (including phenoxy) is 3. The largest absolute Gasteiger partial charge is 0.494 e. The van der Waals surface area contributed by atoms with E-state index in [1.165, 1.54) is 16.8 Å². The lowest BCUT2D eigenvalue weighted by molar-refractivity contribution is 0.174. The van der Waals surface area contributed by atoms with Crippen molar-refractivity contribution in [2.75, 3.05) is 13.4 Å². The number of aliphatic imine (C=N–C) groups is 1. The summed E-state index contributed by atoms with van der Waals surface area (Å²) in [5.41, 5.74) is 4.58. The van der Waals surface area contributed by atoms with E-state index in [0.717, 1.165) is 35.8 Å². The number of nitrogens with zero attached hydrogens (tertiary/aromatic N) is 1. The second kappa shape index (κ2) is 6.19. The number of rotatable bonds is 4. The zero-order valence-electron chi connectivity index (χ0n) is 14.0. The van der Waals surface area contributed by atoms with E-state index in [1.54, 1.807) is 0 Å². The van der Waals surface area contributed by atoms with E-state index in [-0.39, 0.29) is 12.7 Å². The Hall–Kier alpha value is -2.49. The van der Waals surface area contributed by atoms with E-state index in [0.29, 0.717) is 6.61 Å². The number of hydrogen-bond acceptors (Lipinski definition) is 4. The molecule has 0 aromatic heterocycles. The van der Waals surface area contributed by atoms with Gasteiger partial charge in [-0.15, -0.1) is 0 Å². The maximum atomic E-state index is 5.87. The third kappa shape index (κ3) is 2.52. The second-order valence-electron chi connectivity index (χ2n) is 6.02. The highest BCUT2D eigenvalue weighted by atomic mass is 16.7. The maximum Gasteiger partial charge on any atom is 0.231 e. The molecule has 1 atom stereocenters. The van der Waals surface area contributed by atoms with Crippen LogP contribution < -0.4 is 14.2 Å². The minimum atomic E-state index is 0.227. The molecule has 2 aromatic carbocycles. The van der Waals surface area contributed by atoms with Gasteiger partial charge in [0, 0.05) is 23.3 Å². The van der Waals surface area contributed by atoms with Gasteiger partial charge in [0.05, 0.1) is 12.3 Å². The van der Waals surface area contributed by atoms with Crippen molar-refractivity contribution in [1.29, 1.82) is 0 Å². The number of hydrogen-bond donors (Lipinski definition) is 0. The van der Waals surface area contributed by atoms with Crippen LogP contribution in [-0.2, 0) is 0 Å². The second-order valence-corrected chi connectivity index (χ2v) is 6.02. The first-order chi connectivity index (χ1) is 11.8. The Morgan fingerprint density at radius 3 is 2.67 bits per heavy atom. The highest BCUT2D eigenvalue weighted by Gasteiger charge is 2.29. The van der Waals surface area contributed by atoms with Gasteiger partial charge in [0.1, 0.15) is 5.75 Å². The highest BCUT2D eigenvalue weighted by molar-refractivity contribution is 5.91. The quantitative estimate of drug-likeness (QED) is 0.809. The van der Waals surface area contributed by atoms with Crippen LogP contribution in [0.25, 0.3) is 0 Å². The molecule has 4 heteroatoms. The van der Waals surface area contributed by atoms with Crippen LogP contribution in [-0.4, -0.2) is 19.1 Å². The van der Waals surface area contributed by atoms with Crippen LogP contribution in [0, 0.1) is 0 Å². The van der Waals surface area contributed by atoms with E-state index in [2.05, 4.69) is 25.1 Å². The van der Waals surface area contributed by atoms with Crippen LogP contribution in [0.5, 0.6) is 17.2 Å². The first-order valence-electron chi connectivity index (χ1n) is 8.51. The molecule has 124 valence electrons. The van der Waals surface area contributed by atoms with Crippen LogP contribution in [0.4, 0.5) is 5.69 Å². The molecular formula is C20H21NO3. The Bertz CT molecular complexity index is 797. The topological polar surface area (TPSA) is 40.0 Å². The molecule has 0 saturated heterocycles. The van der Waals surface area contributed by atoms with Gasteiger partial charge >= 0.3 is 0 Å². The monoisotopic (exact) mass is 323 g/mol. The van der Waals surface area contributed by atoms with Gasteiger partial charge in [-0.05, 0) is 37.5 Å². The van der Waals surface area contributed by atoms with Crippen LogP contribution in [0.3, 0.4) is 0 Å². The van der Waals surface area contributed by atoms with Crippen molar-refractivity contribution < 1.29 is 14.2 Å². The molecule has 0 saturated carbocycles. The third-order valence-corrected chi connectivity index (χ3v) is 4.62. The van der Waals surface area contributed by atoms with Crippen molar-refractivity contribution in [1.82, 2.24) is 0 Å². The first-order valence-corrected chi connectivity index (χ1v) is 8.51. The summed E-state index contributed by atoms with van der Waals surface area (Å²) in [5.74, 6) is 2.77. The fourth-order valence-corrected chi connectivity index (χ4v) is 3.44. The Balaban J connectivity index is 1.85. The average molecular weight is 323 g/mol. The number of para-hydroxylation sites is 1. The van der Waals surface area contributed by atoms with E-state index < -0.39 is 0 Å². The van der Waals surface area contributed by atoms with Crippen LogP contribution in [0.2, 0.25) is 0 Å². The zero-order chi connectivity index (χ0) is 16.5. The summed E-state index contributed by atoms with van der Waals surface area (Å²) in [4.78, 5) is 4.83. The van der Waals surface area contributed by atoms with E-state index in [4.69, 9.17) is 19.2 Å². The molecule has 0 radical (unpaired) electrons. The van der Waals surface area contributed by atoms with Gasteiger partial charge in [0.25, 0.3) is 0 Å². The lowest BCUT2D eigenvalue weighted by atomic mass is 9.82. The van der Waals surface area contributed by atoms with E-state index in [1.807, 2.05) is 25.1 Å². The molecule has 4 nitrogen and oxygen atoms in total. The Morgan fingerprint density at radius 2 is 1.88 bits per heavy atom. The van der Waals surface area contributed by atoms with Crippen molar-refractivity contribution in [2.45, 2.75) is 32.6 Å². The third-order valence-electron chi connectivity index (χ3n) is 4.62. The van der Waals surface area contributed by atoms with Gasteiger partial charge in [-0.25, -0.2) is 0 Å². The minimum absolute atomic E-state index is 0.227. The lowest BCUT2D eigenvalue weighted by Gasteiger charge is -2.26. The Morgan fingerprint density at radius 1 is 1.08 bits per heavy atom. The summed E-state index contributed by atoms with van der Waals surface area (Å²) in [6.45, 7) is 5.11. The van der Waals surface area contributed by atoms with Crippen LogP contribution in [0.1, 0.15) is 43.7 Å². The van der Waals surface area contributed by atoms with Crippen molar-refractivity contribution in [3.05, 3.63) is 47.5 Å². The van der Waals surface area contributed by atoms with Gasteiger partial charge in [-0.3, -0.25) is 4.99 Å². The molecule has 24 heavy (non-hydrogen) atoms. The highest BCUT2D eigenvalue weighted by Crippen LogP contribution is 2.47. The van der Waals surface area contributed by atoms with Crippen molar-refractivity contribution >= 4 is 11.4 Å². The summed E-state index contributed by atoms with van der Waals surface area (Å²) in [5, 5.41) is 0. The average Bonchev–Trinajstić information content (AvgIpc) is 3.07. The molecule has 0 fully saturated rings. The maximum absolute atomic E-state index is 5.87. The zero-order valence-corrected chi connectivity index (χ0v) is 14.0. The summed E-state index contributed by atoms with van der Waals surface area (Å²) in [6.07, 6.45) is 1.86. The Kier molecular flexibility index (Phi) is 3.89. The molecule has 4 rings (SSSR count). The number of fused-ring (bicyclic) bond motifs is 2. The molecule has 0 amide bonds. The first kappa shape index (κ1) is 15.1. The standard InChI is InChI=1S/C20H21NO3/c1-3-13-9-15(14-7-5-6-8-18(14)22-4-2)16-10-19-20(24-12-23-19)11-17(16)21-13/h5-8,10-11,15H,3-4,9,12H2,1-2H3. The van der Waals surface area contributed by atoms with E-state index >= 15 is 0 Å². The van der Waals surface area contributed by atoms with Crippen molar-refractivity contribution in [3.63, 3.8) is 0 Å². The smallest absolute Gasteiger partial charge is 0.231 e. The van der Waals surface area contributed by atoms with Crippen molar-refractivity contribution in [2.24, 2.45) is 4.99 Å². The fourth-order valence-electron chi connectivity index (χ4n) is 3.44. The van der Waals surface area contributed by atoms with Gasteiger partial charge in [-0.1, -0.05) is 25.1 Å². The molecule has 0 bridgehead atoms. The minimum Gasteiger partial charge on any atom is -0.494 e. The molecule has 2 heterocycles. The lowest BCUT2D eigenvalue weighted by Crippen LogP contribution is -2.14. The molecule has 2 aliphatic heterocycles. The summed E-state index contributed by atoms with van der Waals surface area (Å²) < 4.78 is 17.0. The van der Waals surface area contributed by atoms with Gasteiger partial charge in [-0.2, -0.15) is 0 Å². The van der Waals surface area contributed by atoms with E-state index in [9.17, 15) is 0 Å². The SMILES string of the molecule is CCOc1ccccc1C1CC(CC)=Nc2cc3c(cc21)OCO3. The molecule has 0 aliphatic carbocycles. The molecule has 2 aliphatic rings. The fraction of sp³-hybridized carbons (Fsp3) is 0.350. The Labute approximate surface area is 142 Å². The summed E-state index contributed by atoms with van der Waals surface area (Å²) >= 11 is 0. The summed E-state index contributed by atoms with van der Waals surface area (Å²) in [7, 11) is 0. The van der Waals surface area contributed by atoms with Gasteiger partial charge in [0.15, 0.2) is 11.5 Å². The predicted molar refractivity (Wildman–Crippen MR) is 94.0 cm³/mol. The molecule has 0 N–H and O–H groups in total. The van der Waals surface area contributed by atoms with Crippen LogP contribution in [0.15, 0.2) is 41.4 Å². The molecule has 1 unspecified atom stereocenters. The number of benzene rings is 2. The summed E-state index contributed by atoms with van der Waals surface area (Å²) in [6, 6.07) is 12.4. The van der Waals surface area contributed by atoms with Crippen molar-refractivity contribution in [3.8, 4) is 17.2 Å². The van der Waals surface area contributed by atoms with Gasteiger partial charge in [0.2, 0.25) is 6.79 Å². The predicted octanol–water partition coefficient (Wildman–Crippen LogP) is 4.83. The van der Waals surface area contributed by atoms with Gasteiger partial charge < -0.3 is 14.2 Å². The molecule has 0 spiro atoms. The molecule has 2 aromatic rings. The molecular weight excluding hydrogens is 302 g/mol.